The van der Waals surface area contributed by atoms with Crippen LogP contribution < -0.4 is 4.90 Å². The molecule has 4 rings (SSSR count). The molecule has 0 radical (unpaired) electrons. The van der Waals surface area contributed by atoms with Crippen molar-refractivity contribution in [3.8, 4) is 0 Å². The van der Waals surface area contributed by atoms with Crippen LogP contribution in [0, 0.1) is 5.92 Å². The molecule has 146 valence electrons. The van der Waals surface area contributed by atoms with Gasteiger partial charge in [-0.15, -0.1) is 0 Å². The predicted molar refractivity (Wildman–Crippen MR) is 107 cm³/mol. The van der Waals surface area contributed by atoms with Gasteiger partial charge in [-0.2, -0.15) is 0 Å². The van der Waals surface area contributed by atoms with Gasteiger partial charge in [-0.3, -0.25) is 9.59 Å². The van der Waals surface area contributed by atoms with Gasteiger partial charge in [0, 0.05) is 55.9 Å². The summed E-state index contributed by atoms with van der Waals surface area (Å²) in [5, 5.41) is 0.735. The Balaban J connectivity index is 1.32. The molecule has 1 atom stereocenters. The molecule has 1 aromatic rings. The Bertz CT molecular complexity index is 696. The minimum atomic E-state index is -0.155. The summed E-state index contributed by atoms with van der Waals surface area (Å²) in [6, 6.07) is 8.22. The molecule has 2 aliphatic heterocycles. The smallest absolute Gasteiger partial charge is 0.228 e. The third-order valence-electron chi connectivity index (χ3n) is 6.29. The summed E-state index contributed by atoms with van der Waals surface area (Å²) in [6.07, 6.45) is 6.29. The molecule has 1 aromatic carbocycles. The van der Waals surface area contributed by atoms with Gasteiger partial charge in [0.05, 0.1) is 5.92 Å². The van der Waals surface area contributed by atoms with Crippen molar-refractivity contribution in [3.63, 3.8) is 0 Å². The highest BCUT2D eigenvalue weighted by atomic mass is 35.5. The Morgan fingerprint density at radius 1 is 1.04 bits per heavy atom. The Morgan fingerprint density at radius 3 is 2.48 bits per heavy atom. The fraction of sp³-hybridized carbons (Fsp3) is 0.619. The van der Waals surface area contributed by atoms with Crippen LogP contribution in [0.25, 0.3) is 0 Å². The quantitative estimate of drug-likeness (QED) is 0.797. The number of anilines is 1. The maximum atomic E-state index is 13.0. The van der Waals surface area contributed by atoms with Crippen molar-refractivity contribution in [3.05, 3.63) is 29.3 Å². The van der Waals surface area contributed by atoms with Crippen LogP contribution in [-0.2, 0) is 9.59 Å². The summed E-state index contributed by atoms with van der Waals surface area (Å²) in [5.41, 5.74) is 1.11. The molecular weight excluding hydrogens is 362 g/mol. The minimum Gasteiger partial charge on any atom is -0.368 e. The van der Waals surface area contributed by atoms with Crippen molar-refractivity contribution >= 4 is 29.1 Å². The highest BCUT2D eigenvalue weighted by molar-refractivity contribution is 6.30. The van der Waals surface area contributed by atoms with Gasteiger partial charge in [0.2, 0.25) is 11.8 Å². The Hall–Kier alpha value is -1.75. The van der Waals surface area contributed by atoms with E-state index < -0.39 is 0 Å². The lowest BCUT2D eigenvalue weighted by Crippen LogP contribution is -2.50. The summed E-state index contributed by atoms with van der Waals surface area (Å²) < 4.78 is 0. The number of hydrogen-bond donors (Lipinski definition) is 0. The standard InChI is InChI=1S/C21H28ClN3O2/c22-17-5-4-8-19(14-17)23-9-11-24(12-10-23)21(27)16-13-20(26)25(15-16)18-6-2-1-3-7-18/h4-5,8,14,16,18H,1-3,6-7,9-13,15H2. The normalized spacial score (nSPS) is 24.6. The van der Waals surface area contributed by atoms with E-state index in [1.807, 2.05) is 28.0 Å². The van der Waals surface area contributed by atoms with E-state index in [2.05, 4.69) is 11.0 Å². The van der Waals surface area contributed by atoms with Crippen molar-refractivity contribution in [2.75, 3.05) is 37.6 Å². The Kier molecular flexibility index (Phi) is 5.58. The van der Waals surface area contributed by atoms with E-state index in [1.165, 1.54) is 19.3 Å². The van der Waals surface area contributed by atoms with E-state index in [4.69, 9.17) is 11.6 Å². The number of carbonyl (C=O) groups excluding carboxylic acids is 2. The lowest BCUT2D eigenvalue weighted by atomic mass is 9.94. The third-order valence-corrected chi connectivity index (χ3v) is 6.52. The second-order valence-electron chi connectivity index (χ2n) is 8.03. The third kappa shape index (κ3) is 4.08. The van der Waals surface area contributed by atoms with E-state index in [9.17, 15) is 9.59 Å². The summed E-state index contributed by atoms with van der Waals surface area (Å²) in [6.45, 7) is 3.65. The highest BCUT2D eigenvalue weighted by Crippen LogP contribution is 2.30. The first-order valence-electron chi connectivity index (χ1n) is 10.2. The van der Waals surface area contributed by atoms with Gasteiger partial charge >= 0.3 is 0 Å². The molecule has 2 amide bonds. The summed E-state index contributed by atoms with van der Waals surface area (Å²) in [4.78, 5) is 31.7. The van der Waals surface area contributed by atoms with Crippen LogP contribution in [0.3, 0.4) is 0 Å². The lowest BCUT2D eigenvalue weighted by Gasteiger charge is -2.37. The number of likely N-dealkylation sites (tertiary alicyclic amines) is 1. The van der Waals surface area contributed by atoms with Gasteiger partial charge in [-0.1, -0.05) is 36.9 Å². The van der Waals surface area contributed by atoms with E-state index in [0.29, 0.717) is 32.1 Å². The first-order chi connectivity index (χ1) is 13.1. The average Bonchev–Trinajstić information content (AvgIpc) is 3.10. The molecule has 1 aliphatic carbocycles. The zero-order valence-electron chi connectivity index (χ0n) is 15.8. The van der Waals surface area contributed by atoms with Crippen molar-refractivity contribution < 1.29 is 9.59 Å². The Morgan fingerprint density at radius 2 is 1.78 bits per heavy atom. The molecular formula is C21H28ClN3O2. The second kappa shape index (κ2) is 8.09. The van der Waals surface area contributed by atoms with Crippen molar-refractivity contribution in [2.24, 2.45) is 5.92 Å². The number of piperazine rings is 1. The van der Waals surface area contributed by atoms with Crippen LogP contribution in [0.2, 0.25) is 5.02 Å². The fourth-order valence-corrected chi connectivity index (χ4v) is 4.94. The molecule has 2 heterocycles. The summed E-state index contributed by atoms with van der Waals surface area (Å²) in [5.74, 6) is 0.183. The molecule has 1 saturated carbocycles. The molecule has 6 heteroatoms. The van der Waals surface area contributed by atoms with Crippen LogP contribution in [0.1, 0.15) is 38.5 Å². The number of halogens is 1. The molecule has 3 aliphatic rings. The van der Waals surface area contributed by atoms with Crippen LogP contribution in [-0.4, -0.2) is 60.4 Å². The highest BCUT2D eigenvalue weighted by Gasteiger charge is 2.40. The van der Waals surface area contributed by atoms with Crippen molar-refractivity contribution in [2.45, 2.75) is 44.6 Å². The molecule has 0 aromatic heterocycles. The van der Waals surface area contributed by atoms with Crippen molar-refractivity contribution in [1.29, 1.82) is 0 Å². The molecule has 3 fully saturated rings. The fourth-order valence-electron chi connectivity index (χ4n) is 4.76. The van der Waals surface area contributed by atoms with Crippen LogP contribution in [0.15, 0.2) is 24.3 Å². The minimum absolute atomic E-state index is 0.155. The molecule has 0 bridgehead atoms. The molecule has 0 N–H and O–H groups in total. The summed E-state index contributed by atoms with van der Waals surface area (Å²) >= 11 is 6.09. The van der Waals surface area contributed by atoms with E-state index in [-0.39, 0.29) is 17.7 Å². The molecule has 2 saturated heterocycles. The molecule has 1 unspecified atom stereocenters. The first-order valence-corrected chi connectivity index (χ1v) is 10.6. The lowest BCUT2D eigenvalue weighted by molar-refractivity contribution is -0.136. The van der Waals surface area contributed by atoms with Crippen LogP contribution in [0.4, 0.5) is 5.69 Å². The number of amides is 2. The van der Waals surface area contributed by atoms with Gasteiger partial charge in [-0.25, -0.2) is 0 Å². The monoisotopic (exact) mass is 389 g/mol. The van der Waals surface area contributed by atoms with E-state index >= 15 is 0 Å². The second-order valence-corrected chi connectivity index (χ2v) is 8.47. The SMILES string of the molecule is O=C(C1CC(=O)N(C2CCCCC2)C1)N1CCN(c2cccc(Cl)c2)CC1. The average molecular weight is 390 g/mol. The van der Waals surface area contributed by atoms with Gasteiger partial charge in [0.25, 0.3) is 0 Å². The molecule has 27 heavy (non-hydrogen) atoms. The predicted octanol–water partition coefficient (Wildman–Crippen LogP) is 3.17. The van der Waals surface area contributed by atoms with Crippen molar-refractivity contribution in [1.82, 2.24) is 9.80 Å². The largest absolute Gasteiger partial charge is 0.368 e. The number of hydrogen-bond acceptors (Lipinski definition) is 3. The zero-order valence-corrected chi connectivity index (χ0v) is 16.5. The topological polar surface area (TPSA) is 43.9 Å². The zero-order chi connectivity index (χ0) is 18.8. The summed E-state index contributed by atoms with van der Waals surface area (Å²) in [7, 11) is 0. The number of carbonyl (C=O) groups is 2. The number of benzene rings is 1. The van der Waals surface area contributed by atoms with Gasteiger partial charge in [0.1, 0.15) is 0 Å². The maximum Gasteiger partial charge on any atom is 0.228 e. The van der Waals surface area contributed by atoms with E-state index in [0.717, 1.165) is 36.6 Å². The number of rotatable bonds is 3. The van der Waals surface area contributed by atoms with Crippen LogP contribution in [0.5, 0.6) is 0 Å². The van der Waals surface area contributed by atoms with Gasteiger partial charge in [-0.05, 0) is 31.0 Å². The first kappa shape index (κ1) is 18.6. The molecule has 0 spiro atoms. The Labute approximate surface area is 166 Å². The van der Waals surface area contributed by atoms with Crippen LogP contribution >= 0.6 is 11.6 Å². The van der Waals surface area contributed by atoms with Gasteiger partial charge < -0.3 is 14.7 Å². The maximum absolute atomic E-state index is 13.0. The number of nitrogens with zero attached hydrogens (tertiary/aromatic N) is 3. The molecule has 5 nitrogen and oxygen atoms in total. The van der Waals surface area contributed by atoms with E-state index in [1.54, 1.807) is 0 Å². The van der Waals surface area contributed by atoms with Gasteiger partial charge in [0.15, 0.2) is 0 Å².